The number of nitrogens with zero attached hydrogens (tertiary/aromatic N) is 2. The monoisotopic (exact) mass is 300 g/mol. The molecule has 0 aromatic carbocycles. The van der Waals surface area contributed by atoms with Crippen molar-refractivity contribution in [1.82, 2.24) is 19.7 Å². The van der Waals surface area contributed by atoms with E-state index < -0.39 is 10.0 Å². The fourth-order valence-corrected chi connectivity index (χ4v) is 3.30. The van der Waals surface area contributed by atoms with Crippen LogP contribution in [0.4, 0.5) is 0 Å². The van der Waals surface area contributed by atoms with Gasteiger partial charge in [0.15, 0.2) is 5.03 Å². The second-order valence-electron chi connectivity index (χ2n) is 4.17. The quantitative estimate of drug-likeness (QED) is 0.846. The molecule has 6 nitrogen and oxygen atoms in total. The highest BCUT2D eigenvalue weighted by Crippen LogP contribution is 2.17. The lowest BCUT2D eigenvalue weighted by Gasteiger charge is -2.09. The third-order valence-corrected chi connectivity index (χ3v) is 5.02. The molecule has 0 aliphatic rings. The molecule has 0 aliphatic heterocycles. The zero-order valence-electron chi connectivity index (χ0n) is 10.8. The standard InChI is InChI=1S/C11H16N4O2S2/c1-3-9-13-7-10(15-9)19(16,17)14-6-8(2)11-12-4-5-18-11/h4-5,7-8,14H,3,6H2,1-2H3,(H,13,15). The van der Waals surface area contributed by atoms with E-state index in [2.05, 4.69) is 19.7 Å². The number of rotatable bonds is 6. The van der Waals surface area contributed by atoms with E-state index in [1.165, 1.54) is 17.5 Å². The Morgan fingerprint density at radius 3 is 2.84 bits per heavy atom. The van der Waals surface area contributed by atoms with E-state index in [0.717, 1.165) is 5.01 Å². The number of aryl methyl sites for hydroxylation is 1. The van der Waals surface area contributed by atoms with E-state index in [-0.39, 0.29) is 10.9 Å². The molecule has 8 heteroatoms. The highest BCUT2D eigenvalue weighted by Gasteiger charge is 2.18. The Hall–Kier alpha value is -1.25. The van der Waals surface area contributed by atoms with Crippen LogP contribution in [-0.4, -0.2) is 29.9 Å². The van der Waals surface area contributed by atoms with Gasteiger partial charge in [-0.15, -0.1) is 11.3 Å². The molecule has 2 heterocycles. The highest BCUT2D eigenvalue weighted by atomic mass is 32.2. The van der Waals surface area contributed by atoms with Gasteiger partial charge in [-0.2, -0.15) is 0 Å². The molecule has 19 heavy (non-hydrogen) atoms. The number of thiazole rings is 1. The number of imidazole rings is 1. The second kappa shape index (κ2) is 5.81. The van der Waals surface area contributed by atoms with Crippen molar-refractivity contribution < 1.29 is 8.42 Å². The molecule has 2 N–H and O–H groups in total. The van der Waals surface area contributed by atoms with Gasteiger partial charge in [0.2, 0.25) is 0 Å². The summed E-state index contributed by atoms with van der Waals surface area (Å²) in [5.74, 6) is 0.705. The predicted molar refractivity (Wildman–Crippen MR) is 73.7 cm³/mol. The van der Waals surface area contributed by atoms with Crippen molar-refractivity contribution in [2.24, 2.45) is 0 Å². The summed E-state index contributed by atoms with van der Waals surface area (Å²) in [6.45, 7) is 4.16. The molecular weight excluding hydrogens is 284 g/mol. The van der Waals surface area contributed by atoms with Crippen molar-refractivity contribution in [2.45, 2.75) is 31.2 Å². The molecule has 1 unspecified atom stereocenters. The SMILES string of the molecule is CCc1ncc(S(=O)(=O)NCC(C)c2nccs2)[nH]1. The van der Waals surface area contributed by atoms with Crippen molar-refractivity contribution >= 4 is 21.4 Å². The van der Waals surface area contributed by atoms with E-state index in [1.54, 1.807) is 6.20 Å². The van der Waals surface area contributed by atoms with Gasteiger partial charge in [-0.05, 0) is 0 Å². The van der Waals surface area contributed by atoms with Gasteiger partial charge in [0.25, 0.3) is 10.0 Å². The first-order chi connectivity index (χ1) is 9.03. The minimum atomic E-state index is -3.53. The Morgan fingerprint density at radius 1 is 1.47 bits per heavy atom. The number of aromatic nitrogens is 3. The van der Waals surface area contributed by atoms with Crippen molar-refractivity contribution in [3.05, 3.63) is 28.6 Å². The van der Waals surface area contributed by atoms with Crippen molar-refractivity contribution in [3.63, 3.8) is 0 Å². The van der Waals surface area contributed by atoms with Crippen molar-refractivity contribution in [2.75, 3.05) is 6.54 Å². The van der Waals surface area contributed by atoms with Crippen LogP contribution < -0.4 is 4.72 Å². The molecule has 0 saturated carbocycles. The van der Waals surface area contributed by atoms with Gasteiger partial charge in [0.05, 0.1) is 11.2 Å². The molecule has 0 saturated heterocycles. The van der Waals surface area contributed by atoms with Crippen molar-refractivity contribution in [1.29, 1.82) is 0 Å². The van der Waals surface area contributed by atoms with Gasteiger partial charge < -0.3 is 4.98 Å². The van der Waals surface area contributed by atoms with Crippen LogP contribution in [0.3, 0.4) is 0 Å². The molecule has 2 aromatic heterocycles. The van der Waals surface area contributed by atoms with E-state index in [4.69, 9.17) is 0 Å². The van der Waals surface area contributed by atoms with Gasteiger partial charge >= 0.3 is 0 Å². The van der Waals surface area contributed by atoms with Gasteiger partial charge in [0, 0.05) is 30.5 Å². The van der Waals surface area contributed by atoms with Gasteiger partial charge in [0.1, 0.15) is 5.82 Å². The first-order valence-electron chi connectivity index (χ1n) is 5.96. The van der Waals surface area contributed by atoms with E-state index >= 15 is 0 Å². The minimum absolute atomic E-state index is 0.0448. The first kappa shape index (κ1) is 14.2. The van der Waals surface area contributed by atoms with Crippen LogP contribution in [0.25, 0.3) is 0 Å². The Morgan fingerprint density at radius 2 is 2.26 bits per heavy atom. The lowest BCUT2D eigenvalue weighted by molar-refractivity contribution is 0.571. The fraction of sp³-hybridized carbons (Fsp3) is 0.455. The summed E-state index contributed by atoms with van der Waals surface area (Å²) in [6.07, 6.45) is 3.73. The molecule has 2 rings (SSSR count). The third kappa shape index (κ3) is 3.40. The topological polar surface area (TPSA) is 87.7 Å². The Labute approximate surface area is 116 Å². The number of H-pyrrole nitrogens is 1. The Bertz CT molecular complexity index is 619. The highest BCUT2D eigenvalue weighted by molar-refractivity contribution is 7.89. The summed E-state index contributed by atoms with van der Waals surface area (Å²) in [7, 11) is -3.53. The minimum Gasteiger partial charge on any atom is -0.332 e. The molecule has 2 aromatic rings. The zero-order chi connectivity index (χ0) is 13.9. The maximum atomic E-state index is 12.0. The number of aromatic amines is 1. The summed E-state index contributed by atoms with van der Waals surface area (Å²) < 4.78 is 26.6. The maximum Gasteiger partial charge on any atom is 0.257 e. The van der Waals surface area contributed by atoms with Crippen LogP contribution in [0.2, 0.25) is 0 Å². The molecule has 1 atom stereocenters. The fourth-order valence-electron chi connectivity index (χ4n) is 1.54. The summed E-state index contributed by atoms with van der Waals surface area (Å²) >= 11 is 1.52. The molecule has 0 fully saturated rings. The molecule has 0 spiro atoms. The number of hydrogen-bond acceptors (Lipinski definition) is 5. The largest absolute Gasteiger partial charge is 0.332 e. The molecule has 104 valence electrons. The van der Waals surface area contributed by atoms with Crippen LogP contribution in [0.15, 0.2) is 22.8 Å². The summed E-state index contributed by atoms with van der Waals surface area (Å²) in [5, 5.41) is 2.90. The molecule has 0 amide bonds. The van der Waals surface area contributed by atoms with Crippen molar-refractivity contribution in [3.8, 4) is 0 Å². The molecule has 0 radical (unpaired) electrons. The van der Waals surface area contributed by atoms with E-state index in [9.17, 15) is 8.42 Å². The lowest BCUT2D eigenvalue weighted by Crippen LogP contribution is -2.28. The van der Waals surface area contributed by atoms with Gasteiger partial charge in [-0.25, -0.2) is 23.1 Å². The smallest absolute Gasteiger partial charge is 0.257 e. The van der Waals surface area contributed by atoms with Crippen LogP contribution in [0, 0.1) is 0 Å². The predicted octanol–water partition coefficient (Wildman–Crippen LogP) is 1.51. The van der Waals surface area contributed by atoms with E-state index in [0.29, 0.717) is 18.8 Å². The van der Waals surface area contributed by atoms with Gasteiger partial charge in [-0.1, -0.05) is 13.8 Å². The van der Waals surface area contributed by atoms with E-state index in [1.807, 2.05) is 19.2 Å². The number of sulfonamides is 1. The lowest BCUT2D eigenvalue weighted by atomic mass is 10.2. The summed E-state index contributed by atoms with van der Waals surface area (Å²) in [4.78, 5) is 11.0. The van der Waals surface area contributed by atoms with Crippen LogP contribution in [0.5, 0.6) is 0 Å². The number of hydrogen-bond donors (Lipinski definition) is 2. The third-order valence-electron chi connectivity index (χ3n) is 2.68. The molecular formula is C11H16N4O2S2. The Kier molecular flexibility index (Phi) is 4.33. The first-order valence-corrected chi connectivity index (χ1v) is 8.32. The van der Waals surface area contributed by atoms with Crippen LogP contribution in [0.1, 0.15) is 30.6 Å². The molecule has 0 aliphatic carbocycles. The zero-order valence-corrected chi connectivity index (χ0v) is 12.4. The average Bonchev–Trinajstić information content (AvgIpc) is 3.06. The second-order valence-corrected chi connectivity index (χ2v) is 6.83. The summed E-state index contributed by atoms with van der Waals surface area (Å²) in [6, 6.07) is 0. The molecule has 0 bridgehead atoms. The normalized spacial score (nSPS) is 13.6. The average molecular weight is 300 g/mol. The maximum absolute atomic E-state index is 12.0. The Balaban J connectivity index is 2.01. The number of nitrogens with one attached hydrogen (secondary N) is 2. The summed E-state index contributed by atoms with van der Waals surface area (Å²) in [5.41, 5.74) is 0. The van der Waals surface area contributed by atoms with Crippen LogP contribution >= 0.6 is 11.3 Å². The van der Waals surface area contributed by atoms with Gasteiger partial charge in [-0.3, -0.25) is 0 Å². The van der Waals surface area contributed by atoms with Crippen LogP contribution in [-0.2, 0) is 16.4 Å².